The van der Waals surface area contributed by atoms with E-state index in [9.17, 15) is 5.02 Å². The Labute approximate surface area is 153 Å². The molecule has 0 unspecified atom stereocenters. The van der Waals surface area contributed by atoms with Crippen LogP contribution < -0.4 is 4.65 Å². The fourth-order valence-electron chi connectivity index (χ4n) is 3.34. The van der Waals surface area contributed by atoms with E-state index in [1.165, 1.54) is 10.8 Å². The molecule has 0 spiro atoms. The molecule has 26 heavy (non-hydrogen) atoms. The Balaban J connectivity index is 1.82. The van der Waals surface area contributed by atoms with Crippen LogP contribution in [0.25, 0.3) is 32.3 Å². The fraction of sp³-hybridized carbons (Fsp3) is 0.182. The molecule has 3 nitrogen and oxygen atoms in total. The first kappa shape index (κ1) is 16.9. The SMILES string of the molecule is CCCCOB(O)Oc1cccc2ccc3cc4ccccc4cc3c12. The fourth-order valence-corrected chi connectivity index (χ4v) is 3.34. The van der Waals surface area contributed by atoms with Crippen LogP contribution >= 0.6 is 0 Å². The normalized spacial score (nSPS) is 11.3. The van der Waals surface area contributed by atoms with Gasteiger partial charge in [-0.1, -0.05) is 61.9 Å². The van der Waals surface area contributed by atoms with Crippen LogP contribution in [0.15, 0.2) is 66.7 Å². The van der Waals surface area contributed by atoms with E-state index in [1.54, 1.807) is 0 Å². The second-order valence-corrected chi connectivity index (χ2v) is 6.49. The Hall–Kier alpha value is -2.56. The lowest BCUT2D eigenvalue weighted by atomic mass is 9.97. The molecule has 130 valence electrons. The van der Waals surface area contributed by atoms with Crippen LogP contribution in [0.3, 0.4) is 0 Å². The van der Waals surface area contributed by atoms with Gasteiger partial charge in [0.15, 0.2) is 0 Å². The minimum atomic E-state index is -1.26. The molecular formula is C22H21BO3. The van der Waals surface area contributed by atoms with Crippen LogP contribution in [0.5, 0.6) is 5.75 Å². The summed E-state index contributed by atoms with van der Waals surface area (Å²) in [6.07, 6.45) is 1.91. The van der Waals surface area contributed by atoms with Crippen molar-refractivity contribution in [2.45, 2.75) is 19.8 Å². The minimum absolute atomic E-state index is 0.480. The largest absolute Gasteiger partial charge is 0.710 e. The van der Waals surface area contributed by atoms with E-state index in [1.807, 2.05) is 24.3 Å². The van der Waals surface area contributed by atoms with Crippen LogP contribution in [0, 0.1) is 0 Å². The maximum Gasteiger partial charge on any atom is 0.710 e. The summed E-state index contributed by atoms with van der Waals surface area (Å²) in [5, 5.41) is 16.8. The lowest BCUT2D eigenvalue weighted by Gasteiger charge is -2.14. The molecule has 0 fully saturated rings. The Kier molecular flexibility index (Phi) is 4.78. The highest BCUT2D eigenvalue weighted by atomic mass is 16.7. The lowest BCUT2D eigenvalue weighted by Crippen LogP contribution is -2.26. The summed E-state index contributed by atoms with van der Waals surface area (Å²) in [6, 6.07) is 22.8. The Morgan fingerprint density at radius 1 is 0.846 bits per heavy atom. The summed E-state index contributed by atoms with van der Waals surface area (Å²) < 4.78 is 11.1. The second kappa shape index (κ2) is 7.36. The summed E-state index contributed by atoms with van der Waals surface area (Å²) in [4.78, 5) is 0. The van der Waals surface area contributed by atoms with E-state index in [-0.39, 0.29) is 0 Å². The topological polar surface area (TPSA) is 38.7 Å². The van der Waals surface area contributed by atoms with Crippen molar-refractivity contribution in [1.29, 1.82) is 0 Å². The maximum atomic E-state index is 10.1. The van der Waals surface area contributed by atoms with Crippen LogP contribution in [-0.2, 0) is 4.65 Å². The molecule has 0 atom stereocenters. The summed E-state index contributed by atoms with van der Waals surface area (Å²) in [6.45, 7) is 2.56. The summed E-state index contributed by atoms with van der Waals surface area (Å²) in [7, 11) is -1.26. The molecule has 4 rings (SSSR count). The van der Waals surface area contributed by atoms with E-state index in [0.29, 0.717) is 12.4 Å². The molecule has 0 amide bonds. The van der Waals surface area contributed by atoms with E-state index >= 15 is 0 Å². The van der Waals surface area contributed by atoms with Crippen molar-refractivity contribution >= 4 is 39.6 Å². The van der Waals surface area contributed by atoms with Crippen molar-refractivity contribution in [3.05, 3.63) is 66.7 Å². The summed E-state index contributed by atoms with van der Waals surface area (Å²) >= 11 is 0. The predicted molar refractivity (Wildman–Crippen MR) is 108 cm³/mol. The summed E-state index contributed by atoms with van der Waals surface area (Å²) in [5.74, 6) is 0.632. The van der Waals surface area contributed by atoms with Gasteiger partial charge in [0.05, 0.1) is 0 Å². The average Bonchev–Trinajstić information content (AvgIpc) is 2.66. The molecule has 0 aliphatic heterocycles. The third-order valence-corrected chi connectivity index (χ3v) is 4.67. The number of hydrogen-bond donors (Lipinski definition) is 1. The summed E-state index contributed by atoms with van der Waals surface area (Å²) in [5.41, 5.74) is 0. The highest BCUT2D eigenvalue weighted by molar-refractivity contribution is 6.36. The highest BCUT2D eigenvalue weighted by Crippen LogP contribution is 2.35. The Morgan fingerprint density at radius 3 is 2.38 bits per heavy atom. The number of rotatable bonds is 6. The van der Waals surface area contributed by atoms with Gasteiger partial charge in [0.25, 0.3) is 0 Å². The number of unbranched alkanes of at least 4 members (excludes halogenated alkanes) is 1. The molecule has 4 heteroatoms. The lowest BCUT2D eigenvalue weighted by molar-refractivity contribution is 0.191. The molecule has 0 saturated heterocycles. The van der Waals surface area contributed by atoms with E-state index in [0.717, 1.165) is 34.4 Å². The zero-order valence-corrected chi connectivity index (χ0v) is 14.8. The van der Waals surface area contributed by atoms with Crippen molar-refractivity contribution in [2.75, 3.05) is 6.61 Å². The molecule has 4 aromatic rings. The van der Waals surface area contributed by atoms with Gasteiger partial charge in [0, 0.05) is 12.0 Å². The van der Waals surface area contributed by atoms with Crippen molar-refractivity contribution in [3.8, 4) is 5.75 Å². The highest BCUT2D eigenvalue weighted by Gasteiger charge is 2.20. The van der Waals surface area contributed by atoms with Gasteiger partial charge in [-0.05, 0) is 51.6 Å². The number of benzene rings is 4. The Bertz CT molecular complexity index is 1060. The van der Waals surface area contributed by atoms with Gasteiger partial charge in [-0.25, -0.2) is 0 Å². The van der Waals surface area contributed by atoms with Gasteiger partial charge in [0.1, 0.15) is 5.75 Å². The molecule has 0 radical (unpaired) electrons. The van der Waals surface area contributed by atoms with Crippen molar-refractivity contribution in [3.63, 3.8) is 0 Å². The van der Waals surface area contributed by atoms with E-state index < -0.39 is 7.32 Å². The van der Waals surface area contributed by atoms with Gasteiger partial charge in [-0.2, -0.15) is 0 Å². The maximum absolute atomic E-state index is 10.1. The van der Waals surface area contributed by atoms with E-state index in [2.05, 4.69) is 49.4 Å². The van der Waals surface area contributed by atoms with Gasteiger partial charge < -0.3 is 14.3 Å². The molecule has 0 heterocycles. The van der Waals surface area contributed by atoms with Gasteiger partial charge in [0.2, 0.25) is 0 Å². The first-order valence-electron chi connectivity index (χ1n) is 9.07. The van der Waals surface area contributed by atoms with Gasteiger partial charge in [-0.15, -0.1) is 0 Å². The third kappa shape index (κ3) is 3.26. The minimum Gasteiger partial charge on any atom is -0.511 e. The first-order chi connectivity index (χ1) is 12.8. The zero-order chi connectivity index (χ0) is 17.9. The molecule has 1 N–H and O–H groups in total. The molecule has 0 bridgehead atoms. The van der Waals surface area contributed by atoms with Crippen LogP contribution in [-0.4, -0.2) is 19.0 Å². The number of fused-ring (bicyclic) bond motifs is 4. The number of hydrogen-bond acceptors (Lipinski definition) is 3. The molecule has 4 aromatic carbocycles. The molecular weight excluding hydrogens is 323 g/mol. The van der Waals surface area contributed by atoms with E-state index in [4.69, 9.17) is 9.31 Å². The Morgan fingerprint density at radius 2 is 1.58 bits per heavy atom. The van der Waals surface area contributed by atoms with Crippen LogP contribution in [0.4, 0.5) is 0 Å². The van der Waals surface area contributed by atoms with Gasteiger partial charge >= 0.3 is 7.32 Å². The second-order valence-electron chi connectivity index (χ2n) is 6.49. The molecule has 0 aliphatic rings. The average molecular weight is 344 g/mol. The standard InChI is InChI=1S/C22H21BO3/c1-2-3-13-25-23(24)26-21-10-6-9-16-11-12-19-14-17-7-4-5-8-18(17)15-20(19)22(16)21/h4-12,14-15,24H,2-3,13H2,1H3. The first-order valence-corrected chi connectivity index (χ1v) is 9.07. The quantitative estimate of drug-likeness (QED) is 0.223. The van der Waals surface area contributed by atoms with Gasteiger partial charge in [-0.3, -0.25) is 0 Å². The van der Waals surface area contributed by atoms with Crippen LogP contribution in [0.2, 0.25) is 0 Å². The van der Waals surface area contributed by atoms with Crippen LogP contribution in [0.1, 0.15) is 19.8 Å². The predicted octanol–water partition coefficient (Wildman–Crippen LogP) is 5.32. The third-order valence-electron chi connectivity index (χ3n) is 4.67. The van der Waals surface area contributed by atoms with Crippen molar-refractivity contribution < 1.29 is 14.3 Å². The molecule has 0 aliphatic carbocycles. The smallest absolute Gasteiger partial charge is 0.511 e. The molecule has 0 saturated carbocycles. The van der Waals surface area contributed by atoms with Crippen molar-refractivity contribution in [2.24, 2.45) is 0 Å². The monoisotopic (exact) mass is 344 g/mol. The zero-order valence-electron chi connectivity index (χ0n) is 14.8. The molecule has 0 aromatic heterocycles. The van der Waals surface area contributed by atoms with Crippen molar-refractivity contribution in [1.82, 2.24) is 0 Å².